The van der Waals surface area contributed by atoms with Gasteiger partial charge in [0.2, 0.25) is 5.95 Å². The summed E-state index contributed by atoms with van der Waals surface area (Å²) in [6, 6.07) is 3.39. The lowest BCUT2D eigenvalue weighted by molar-refractivity contribution is 0.0520. The van der Waals surface area contributed by atoms with Gasteiger partial charge in [-0.05, 0) is 37.3 Å². The first-order valence-corrected chi connectivity index (χ1v) is 12.9. The van der Waals surface area contributed by atoms with E-state index in [1.54, 1.807) is 19.4 Å². The van der Waals surface area contributed by atoms with Crippen LogP contribution in [0.3, 0.4) is 0 Å². The highest BCUT2D eigenvalue weighted by Gasteiger charge is 2.49. The molecule has 10 nitrogen and oxygen atoms in total. The summed E-state index contributed by atoms with van der Waals surface area (Å²) in [5.41, 5.74) is 8.60. The average molecular weight is 511 g/mol. The number of fused-ring (bicyclic) bond motifs is 5. The van der Waals surface area contributed by atoms with E-state index in [1.807, 2.05) is 0 Å². The Labute approximate surface area is 210 Å². The third-order valence-electron chi connectivity index (χ3n) is 7.41. The van der Waals surface area contributed by atoms with Crippen molar-refractivity contribution < 1.29 is 13.9 Å². The van der Waals surface area contributed by atoms with E-state index in [0.29, 0.717) is 34.3 Å². The molecule has 1 aliphatic heterocycles. The lowest BCUT2D eigenvalue weighted by Gasteiger charge is -2.31. The van der Waals surface area contributed by atoms with E-state index >= 15 is 0 Å². The van der Waals surface area contributed by atoms with Gasteiger partial charge in [-0.1, -0.05) is 6.92 Å². The molecule has 6 rings (SSSR count). The Bertz CT molecular complexity index is 1490. The molecular formula is C24H27FN8O2S. The summed E-state index contributed by atoms with van der Waals surface area (Å²) >= 11 is 1.26. The number of thiazole rings is 1. The zero-order valence-corrected chi connectivity index (χ0v) is 20.9. The number of piperidine rings is 1. The molecule has 0 radical (unpaired) electrons. The van der Waals surface area contributed by atoms with E-state index in [9.17, 15) is 9.18 Å². The molecule has 1 saturated heterocycles. The fraction of sp³-hybridized carbons (Fsp3) is 0.417. The topological polar surface area (TPSA) is 134 Å². The van der Waals surface area contributed by atoms with Gasteiger partial charge in [0.15, 0.2) is 10.8 Å². The zero-order chi connectivity index (χ0) is 25.1. The summed E-state index contributed by atoms with van der Waals surface area (Å²) < 4.78 is 19.6. The molecule has 0 spiro atoms. The Balaban J connectivity index is 1.48. The number of hydrogen-bond donors (Lipinski definition) is 4. The van der Waals surface area contributed by atoms with E-state index in [1.165, 1.54) is 23.5 Å². The number of anilines is 4. The van der Waals surface area contributed by atoms with Gasteiger partial charge in [0, 0.05) is 36.4 Å². The van der Waals surface area contributed by atoms with E-state index < -0.39 is 5.97 Å². The number of nitrogens with one attached hydrogen (secondary N) is 3. The number of benzene rings is 1. The molecule has 4 aromatic rings. The minimum absolute atomic E-state index is 0.170. The molecule has 4 atom stereocenters. The fourth-order valence-corrected chi connectivity index (χ4v) is 6.37. The van der Waals surface area contributed by atoms with Crippen LogP contribution in [0, 0.1) is 17.7 Å². The summed E-state index contributed by atoms with van der Waals surface area (Å²) in [6.07, 6.45) is 0.883. The molecule has 1 aromatic carbocycles. The van der Waals surface area contributed by atoms with Gasteiger partial charge in [-0.25, -0.2) is 14.2 Å². The lowest BCUT2D eigenvalue weighted by Crippen LogP contribution is -2.41. The summed E-state index contributed by atoms with van der Waals surface area (Å²) in [5.74, 6) is 1.05. The Morgan fingerprint density at radius 1 is 1.36 bits per heavy atom. The third-order valence-corrected chi connectivity index (χ3v) is 8.17. The van der Waals surface area contributed by atoms with Crippen molar-refractivity contribution in [3.63, 3.8) is 0 Å². The number of H-pyrrole nitrogens is 1. The van der Waals surface area contributed by atoms with Gasteiger partial charge < -0.3 is 25.7 Å². The molecule has 5 N–H and O–H groups in total. The highest BCUT2D eigenvalue weighted by Crippen LogP contribution is 2.46. The Kier molecular flexibility index (Phi) is 5.45. The van der Waals surface area contributed by atoms with Crippen molar-refractivity contribution in [3.05, 3.63) is 29.0 Å². The zero-order valence-electron chi connectivity index (χ0n) is 20.1. The van der Waals surface area contributed by atoms with Crippen molar-refractivity contribution in [1.82, 2.24) is 19.9 Å². The van der Waals surface area contributed by atoms with Gasteiger partial charge in [-0.15, -0.1) is 11.3 Å². The Hall–Kier alpha value is -3.51. The van der Waals surface area contributed by atoms with Gasteiger partial charge in [-0.3, -0.25) is 5.32 Å². The number of carbonyl (C=O) groups is 1. The third kappa shape index (κ3) is 3.54. The van der Waals surface area contributed by atoms with Crippen LogP contribution in [0.1, 0.15) is 30.8 Å². The van der Waals surface area contributed by atoms with Crippen LogP contribution in [0.2, 0.25) is 0 Å². The van der Waals surface area contributed by atoms with Gasteiger partial charge >= 0.3 is 5.97 Å². The number of hydrogen-bond acceptors (Lipinski definition) is 10. The van der Waals surface area contributed by atoms with Crippen LogP contribution in [0.25, 0.3) is 21.9 Å². The summed E-state index contributed by atoms with van der Waals surface area (Å²) in [7, 11) is 1.76. The van der Waals surface area contributed by atoms with E-state index in [0.717, 1.165) is 35.1 Å². The molecule has 36 heavy (non-hydrogen) atoms. The lowest BCUT2D eigenvalue weighted by atomic mass is 9.98. The molecule has 2 bridgehead atoms. The van der Waals surface area contributed by atoms with Crippen LogP contribution < -0.4 is 21.3 Å². The molecule has 1 aliphatic carbocycles. The van der Waals surface area contributed by atoms with Crippen LogP contribution in [-0.4, -0.2) is 58.2 Å². The molecule has 2 aliphatic rings. The molecule has 3 aromatic heterocycles. The maximum absolute atomic E-state index is 14.6. The maximum atomic E-state index is 14.6. The largest absolute Gasteiger partial charge is 0.461 e. The van der Waals surface area contributed by atoms with E-state index in [2.05, 4.69) is 32.4 Å². The summed E-state index contributed by atoms with van der Waals surface area (Å²) in [6.45, 7) is 5.04. The van der Waals surface area contributed by atoms with Crippen molar-refractivity contribution in [2.45, 2.75) is 32.4 Å². The molecular weight excluding hydrogens is 483 g/mol. The number of esters is 1. The van der Waals surface area contributed by atoms with Crippen molar-refractivity contribution in [2.75, 3.05) is 35.7 Å². The molecule has 0 unspecified atom stereocenters. The number of ether oxygens (including phenoxy) is 1. The predicted octanol–water partition coefficient (Wildman–Crippen LogP) is 3.84. The summed E-state index contributed by atoms with van der Waals surface area (Å²) in [4.78, 5) is 31.6. The standard InChI is InChI=1S/C24H27FN8O2S/c1-4-35-22(34)16-9-36-24(28-16)32-23-30-20-18(12-5-11(25)6-15(27-3)19(12)29-20)21(31-23)33-8-13-10(2)17(33)7-14(13)26/h5-6,9-10,13-14,17,27H,4,7-8,26H2,1-3H3,(H2,28,29,30,31,32)/t10-,13+,14-,17+/m1/s1. The smallest absolute Gasteiger partial charge is 0.357 e. The second kappa shape index (κ2) is 8.56. The van der Waals surface area contributed by atoms with E-state index in [-0.39, 0.29) is 30.2 Å². The first-order chi connectivity index (χ1) is 17.4. The number of nitrogens with two attached hydrogens (primary N) is 1. The second-order valence-corrected chi connectivity index (χ2v) is 10.2. The normalized spacial score (nSPS) is 23.1. The number of aromatic nitrogens is 4. The minimum Gasteiger partial charge on any atom is -0.461 e. The SMILES string of the molecule is CCOC(=O)c1csc(Nc2nc(N3C[C@H]4[C@@H](C)[C@@H]3C[C@H]4N)c3c(n2)[nH]c2c(NC)cc(F)cc23)n1. The number of rotatable bonds is 6. The Morgan fingerprint density at radius 2 is 2.19 bits per heavy atom. The van der Waals surface area contributed by atoms with Crippen molar-refractivity contribution in [1.29, 1.82) is 0 Å². The van der Waals surface area contributed by atoms with Gasteiger partial charge in [0.1, 0.15) is 17.3 Å². The molecule has 12 heteroatoms. The maximum Gasteiger partial charge on any atom is 0.357 e. The molecule has 1 saturated carbocycles. The van der Waals surface area contributed by atoms with Crippen molar-refractivity contribution in [3.8, 4) is 0 Å². The van der Waals surface area contributed by atoms with Gasteiger partial charge in [0.25, 0.3) is 0 Å². The van der Waals surface area contributed by atoms with Crippen molar-refractivity contribution >= 4 is 61.8 Å². The molecule has 2 fully saturated rings. The highest BCUT2D eigenvalue weighted by atomic mass is 32.1. The van der Waals surface area contributed by atoms with Gasteiger partial charge in [-0.2, -0.15) is 9.97 Å². The van der Waals surface area contributed by atoms with Crippen LogP contribution in [0.4, 0.5) is 27.0 Å². The highest BCUT2D eigenvalue weighted by molar-refractivity contribution is 7.14. The Morgan fingerprint density at radius 3 is 2.89 bits per heavy atom. The first-order valence-electron chi connectivity index (χ1n) is 12.0. The fourth-order valence-electron chi connectivity index (χ4n) is 5.69. The van der Waals surface area contributed by atoms with Crippen LogP contribution in [0.5, 0.6) is 0 Å². The quantitative estimate of drug-likeness (QED) is 0.285. The second-order valence-electron chi connectivity index (χ2n) is 9.37. The number of carbonyl (C=O) groups excluding carboxylic acids is 1. The first kappa shape index (κ1) is 22.9. The van der Waals surface area contributed by atoms with Crippen LogP contribution in [0.15, 0.2) is 17.5 Å². The number of halogens is 1. The van der Waals surface area contributed by atoms with E-state index in [4.69, 9.17) is 20.4 Å². The molecule has 0 amide bonds. The number of aromatic amines is 1. The van der Waals surface area contributed by atoms with Crippen LogP contribution >= 0.6 is 11.3 Å². The monoisotopic (exact) mass is 510 g/mol. The molecule has 4 heterocycles. The summed E-state index contributed by atoms with van der Waals surface area (Å²) in [5, 5.41) is 9.79. The minimum atomic E-state index is -0.477. The molecule has 188 valence electrons. The predicted molar refractivity (Wildman–Crippen MR) is 139 cm³/mol. The van der Waals surface area contributed by atoms with Gasteiger partial charge in [0.05, 0.1) is 23.2 Å². The average Bonchev–Trinajstić information content (AvgIpc) is 3.60. The number of nitrogens with zero attached hydrogens (tertiary/aromatic N) is 4. The van der Waals surface area contributed by atoms with Crippen molar-refractivity contribution in [2.24, 2.45) is 17.6 Å². The van der Waals surface area contributed by atoms with Crippen LogP contribution in [-0.2, 0) is 4.74 Å².